The summed E-state index contributed by atoms with van der Waals surface area (Å²) >= 11 is 3.44. The topological polar surface area (TPSA) is 50.9 Å². The predicted octanol–water partition coefficient (Wildman–Crippen LogP) is 4.81. The number of alkyl halides is 3. The SMILES string of the molecule is Cc1cc(Nc2cc(C(F)(F)F)ncc2N)cc(C)c1Br. The van der Waals surface area contributed by atoms with Crippen molar-refractivity contribution >= 4 is 33.0 Å². The zero-order chi connectivity index (χ0) is 15.8. The zero-order valence-corrected chi connectivity index (χ0v) is 12.9. The van der Waals surface area contributed by atoms with Crippen LogP contribution in [0.3, 0.4) is 0 Å². The molecule has 3 nitrogen and oxygen atoms in total. The van der Waals surface area contributed by atoms with Crippen LogP contribution in [0.15, 0.2) is 28.9 Å². The van der Waals surface area contributed by atoms with E-state index in [2.05, 4.69) is 26.2 Å². The number of hydrogen-bond acceptors (Lipinski definition) is 3. The van der Waals surface area contributed by atoms with E-state index < -0.39 is 11.9 Å². The molecule has 0 unspecified atom stereocenters. The minimum atomic E-state index is -4.50. The number of hydrogen-bond donors (Lipinski definition) is 2. The molecule has 0 aliphatic heterocycles. The Balaban J connectivity index is 2.40. The first-order chi connectivity index (χ1) is 9.68. The standard InChI is InChI=1S/C14H13BrF3N3/c1-7-3-9(4-8(2)13(7)15)21-11-5-12(14(16,17)18)20-6-10(11)19/h3-6H,19H2,1-2H3,(H,20,21). The summed E-state index contributed by atoms with van der Waals surface area (Å²) in [5.74, 6) is 0. The third-order valence-electron chi connectivity index (χ3n) is 2.94. The third-order valence-corrected chi connectivity index (χ3v) is 4.19. The molecule has 0 bridgehead atoms. The number of nitrogen functional groups attached to an aromatic ring is 1. The fraction of sp³-hybridized carbons (Fsp3) is 0.214. The number of aryl methyl sites for hydroxylation is 2. The highest BCUT2D eigenvalue weighted by Crippen LogP contribution is 2.33. The summed E-state index contributed by atoms with van der Waals surface area (Å²) in [5.41, 5.74) is 7.65. The quantitative estimate of drug-likeness (QED) is 0.809. The number of nitrogens with two attached hydrogens (primary N) is 1. The van der Waals surface area contributed by atoms with E-state index in [4.69, 9.17) is 5.73 Å². The van der Waals surface area contributed by atoms with Crippen LogP contribution in [-0.4, -0.2) is 4.98 Å². The molecular formula is C14H13BrF3N3. The number of nitrogens with zero attached hydrogens (tertiary/aromatic N) is 1. The van der Waals surface area contributed by atoms with Gasteiger partial charge in [-0.05, 0) is 43.2 Å². The van der Waals surface area contributed by atoms with Crippen LogP contribution in [0.2, 0.25) is 0 Å². The molecule has 0 saturated heterocycles. The number of pyridine rings is 1. The van der Waals surface area contributed by atoms with Gasteiger partial charge in [0.1, 0.15) is 5.69 Å². The van der Waals surface area contributed by atoms with E-state index in [-0.39, 0.29) is 11.4 Å². The fourth-order valence-electron chi connectivity index (χ4n) is 1.90. The second-order valence-corrected chi connectivity index (χ2v) is 5.50. The van der Waals surface area contributed by atoms with Gasteiger partial charge in [0.25, 0.3) is 0 Å². The maximum Gasteiger partial charge on any atom is 0.433 e. The van der Waals surface area contributed by atoms with E-state index in [1.165, 1.54) is 0 Å². The molecule has 0 spiro atoms. The highest BCUT2D eigenvalue weighted by atomic mass is 79.9. The maximum absolute atomic E-state index is 12.7. The van der Waals surface area contributed by atoms with Gasteiger partial charge in [-0.2, -0.15) is 13.2 Å². The minimum Gasteiger partial charge on any atom is -0.396 e. The second kappa shape index (κ2) is 5.55. The summed E-state index contributed by atoms with van der Waals surface area (Å²) in [6, 6.07) is 4.55. The lowest BCUT2D eigenvalue weighted by Crippen LogP contribution is -2.09. The number of anilines is 3. The monoisotopic (exact) mass is 359 g/mol. The van der Waals surface area contributed by atoms with Crippen LogP contribution in [0, 0.1) is 13.8 Å². The first kappa shape index (κ1) is 15.6. The van der Waals surface area contributed by atoms with E-state index in [9.17, 15) is 13.2 Å². The molecule has 0 atom stereocenters. The van der Waals surface area contributed by atoms with Gasteiger partial charge in [-0.15, -0.1) is 0 Å². The van der Waals surface area contributed by atoms with Gasteiger partial charge in [-0.1, -0.05) is 15.9 Å². The van der Waals surface area contributed by atoms with Crippen molar-refractivity contribution in [1.29, 1.82) is 0 Å². The largest absolute Gasteiger partial charge is 0.433 e. The maximum atomic E-state index is 12.7. The summed E-state index contributed by atoms with van der Waals surface area (Å²) in [6.45, 7) is 3.80. The molecule has 0 radical (unpaired) electrons. The molecule has 1 heterocycles. The van der Waals surface area contributed by atoms with Crippen molar-refractivity contribution in [3.05, 3.63) is 45.7 Å². The highest BCUT2D eigenvalue weighted by molar-refractivity contribution is 9.10. The Morgan fingerprint density at radius 1 is 1.14 bits per heavy atom. The van der Waals surface area contributed by atoms with Gasteiger partial charge in [0.05, 0.1) is 17.6 Å². The van der Waals surface area contributed by atoms with Gasteiger partial charge in [0.15, 0.2) is 0 Å². The third kappa shape index (κ3) is 3.47. The van der Waals surface area contributed by atoms with Crippen LogP contribution in [-0.2, 0) is 6.18 Å². The molecule has 1 aromatic carbocycles. The minimum absolute atomic E-state index is 0.154. The molecule has 0 fully saturated rings. The van der Waals surface area contributed by atoms with Crippen LogP contribution in [0.1, 0.15) is 16.8 Å². The summed E-state index contributed by atoms with van der Waals surface area (Å²) in [4.78, 5) is 3.30. The highest BCUT2D eigenvalue weighted by Gasteiger charge is 2.33. The van der Waals surface area contributed by atoms with Crippen LogP contribution < -0.4 is 11.1 Å². The number of halogens is 4. The van der Waals surface area contributed by atoms with E-state index in [1.54, 1.807) is 0 Å². The molecule has 2 aromatic rings. The molecule has 3 N–H and O–H groups in total. The van der Waals surface area contributed by atoms with E-state index >= 15 is 0 Å². The Hall–Kier alpha value is -1.76. The molecule has 21 heavy (non-hydrogen) atoms. The van der Waals surface area contributed by atoms with Gasteiger partial charge in [-0.3, -0.25) is 0 Å². The van der Waals surface area contributed by atoms with Gasteiger partial charge >= 0.3 is 6.18 Å². The van der Waals surface area contributed by atoms with Crippen molar-refractivity contribution in [2.75, 3.05) is 11.1 Å². The van der Waals surface area contributed by atoms with Crippen molar-refractivity contribution in [1.82, 2.24) is 4.98 Å². The summed E-state index contributed by atoms with van der Waals surface area (Å²) in [6.07, 6.45) is -3.50. The number of aromatic nitrogens is 1. The van der Waals surface area contributed by atoms with Crippen LogP contribution >= 0.6 is 15.9 Å². The lowest BCUT2D eigenvalue weighted by molar-refractivity contribution is -0.141. The molecule has 0 aliphatic carbocycles. The van der Waals surface area contributed by atoms with Crippen LogP contribution in [0.25, 0.3) is 0 Å². The van der Waals surface area contributed by atoms with Crippen molar-refractivity contribution in [3.8, 4) is 0 Å². The Bertz CT molecular complexity index is 661. The molecular weight excluding hydrogens is 347 g/mol. The molecule has 0 amide bonds. The van der Waals surface area contributed by atoms with Gasteiger partial charge in [-0.25, -0.2) is 4.98 Å². The number of nitrogens with one attached hydrogen (secondary N) is 1. The first-order valence-corrected chi connectivity index (χ1v) is 6.84. The Kier molecular flexibility index (Phi) is 4.13. The van der Waals surface area contributed by atoms with Crippen LogP contribution in [0.4, 0.5) is 30.2 Å². The molecule has 2 rings (SSSR count). The van der Waals surface area contributed by atoms with E-state index in [0.717, 1.165) is 27.9 Å². The molecule has 1 aromatic heterocycles. The van der Waals surface area contributed by atoms with Gasteiger partial charge < -0.3 is 11.1 Å². The van der Waals surface area contributed by atoms with Crippen molar-refractivity contribution in [3.63, 3.8) is 0 Å². The molecule has 0 aliphatic rings. The fourth-order valence-corrected chi connectivity index (χ4v) is 2.13. The Morgan fingerprint density at radius 2 is 1.71 bits per heavy atom. The van der Waals surface area contributed by atoms with Gasteiger partial charge in [0, 0.05) is 10.2 Å². The molecule has 0 saturated carbocycles. The van der Waals surface area contributed by atoms with Gasteiger partial charge in [0.2, 0.25) is 0 Å². The smallest absolute Gasteiger partial charge is 0.396 e. The average molecular weight is 360 g/mol. The van der Waals surface area contributed by atoms with E-state index in [1.807, 2.05) is 26.0 Å². The normalized spacial score (nSPS) is 11.5. The number of rotatable bonds is 2. The Labute approximate surface area is 128 Å². The average Bonchev–Trinajstić information content (AvgIpc) is 2.37. The van der Waals surface area contributed by atoms with Crippen molar-refractivity contribution < 1.29 is 13.2 Å². The second-order valence-electron chi connectivity index (χ2n) is 4.70. The molecule has 112 valence electrons. The zero-order valence-electron chi connectivity index (χ0n) is 11.3. The van der Waals surface area contributed by atoms with Crippen molar-refractivity contribution in [2.24, 2.45) is 0 Å². The summed E-state index contributed by atoms with van der Waals surface area (Å²) in [7, 11) is 0. The van der Waals surface area contributed by atoms with Crippen LogP contribution in [0.5, 0.6) is 0 Å². The summed E-state index contributed by atoms with van der Waals surface area (Å²) < 4.78 is 39.0. The lowest BCUT2D eigenvalue weighted by atomic mass is 10.1. The van der Waals surface area contributed by atoms with E-state index in [0.29, 0.717) is 5.69 Å². The first-order valence-electron chi connectivity index (χ1n) is 6.05. The lowest BCUT2D eigenvalue weighted by Gasteiger charge is -2.14. The number of benzene rings is 1. The summed E-state index contributed by atoms with van der Waals surface area (Å²) in [5, 5.41) is 2.91. The van der Waals surface area contributed by atoms with Crippen molar-refractivity contribution in [2.45, 2.75) is 20.0 Å². The molecule has 7 heteroatoms. The Morgan fingerprint density at radius 3 is 2.24 bits per heavy atom. The predicted molar refractivity (Wildman–Crippen MR) is 80.6 cm³/mol.